The fourth-order valence-electron chi connectivity index (χ4n) is 1.57. The maximum atomic E-state index is 10.5. The zero-order chi connectivity index (χ0) is 8.65. The summed E-state index contributed by atoms with van der Waals surface area (Å²) >= 11 is 0. The van der Waals surface area contributed by atoms with Gasteiger partial charge in [-0.05, 0) is 17.4 Å². The van der Waals surface area contributed by atoms with E-state index in [4.69, 9.17) is 0 Å². The molecule has 0 saturated heterocycles. The second-order valence-corrected chi connectivity index (χ2v) is 3.51. The third kappa shape index (κ3) is 1.10. The first-order valence-corrected chi connectivity index (χ1v) is 3.58. The highest BCUT2D eigenvalue weighted by Gasteiger charge is 2.56. The normalized spacial score (nSPS) is 32.2. The second-order valence-electron chi connectivity index (χ2n) is 3.51. The second kappa shape index (κ2) is 2.24. The van der Waals surface area contributed by atoms with E-state index in [0.29, 0.717) is 0 Å². The summed E-state index contributed by atoms with van der Waals surface area (Å²) in [7, 11) is 0. The monoisotopic (exact) mass is 151 g/mol. The zero-order valence-corrected chi connectivity index (χ0v) is 6.76. The molecule has 2 unspecified atom stereocenters. The van der Waals surface area contributed by atoms with Crippen molar-refractivity contribution in [3.8, 4) is 0 Å². The molecule has 0 aromatic rings. The minimum atomic E-state index is -0.966. The fraction of sp³-hybridized carbons (Fsp3) is 0.556. The van der Waals surface area contributed by atoms with Crippen molar-refractivity contribution in [1.29, 1.82) is 0 Å². The molecule has 60 valence electrons. The molecule has 0 aromatic carbocycles. The largest absolute Gasteiger partial charge is 0.550 e. The van der Waals surface area contributed by atoms with Crippen LogP contribution in [0.2, 0.25) is 0 Å². The van der Waals surface area contributed by atoms with Gasteiger partial charge in [0, 0.05) is 11.9 Å². The van der Waals surface area contributed by atoms with Gasteiger partial charge in [0.15, 0.2) is 0 Å². The summed E-state index contributed by atoms with van der Waals surface area (Å²) in [5.41, 5.74) is 2.44. The number of allylic oxidation sites excluding steroid dienone is 1. The molecule has 0 N–H and O–H groups in total. The van der Waals surface area contributed by atoms with E-state index in [1.807, 2.05) is 13.8 Å². The summed E-state index contributed by atoms with van der Waals surface area (Å²) in [5, 5.41) is 10.5. The third-order valence-corrected chi connectivity index (χ3v) is 2.46. The molecule has 0 amide bonds. The van der Waals surface area contributed by atoms with Gasteiger partial charge in [-0.15, -0.1) is 5.73 Å². The average molecular weight is 151 g/mol. The highest BCUT2D eigenvalue weighted by Crippen LogP contribution is 2.58. The zero-order valence-electron chi connectivity index (χ0n) is 6.76. The molecular formula is C9H11O2-. The number of carboxylic acids is 1. The lowest BCUT2D eigenvalue weighted by Gasteiger charge is -2.01. The molecule has 0 bridgehead atoms. The Morgan fingerprint density at radius 2 is 2.27 bits per heavy atom. The van der Waals surface area contributed by atoms with E-state index < -0.39 is 5.97 Å². The van der Waals surface area contributed by atoms with Crippen LogP contribution >= 0.6 is 0 Å². The summed E-state index contributed by atoms with van der Waals surface area (Å²) < 4.78 is 0. The van der Waals surface area contributed by atoms with Crippen LogP contribution in [0.3, 0.4) is 0 Å². The Balaban J connectivity index is 2.75. The minimum absolute atomic E-state index is 0.0602. The number of carboxylic acid groups (broad SMARTS) is 1. The molecule has 2 nitrogen and oxygen atoms in total. The lowest BCUT2D eigenvalue weighted by Crippen LogP contribution is -2.26. The maximum absolute atomic E-state index is 10.5. The molecule has 0 radical (unpaired) electrons. The van der Waals surface area contributed by atoms with Crippen molar-refractivity contribution < 1.29 is 9.90 Å². The first-order chi connectivity index (χ1) is 5.01. The van der Waals surface area contributed by atoms with Gasteiger partial charge in [-0.1, -0.05) is 20.4 Å². The first-order valence-electron chi connectivity index (χ1n) is 3.58. The molecule has 1 rings (SSSR count). The van der Waals surface area contributed by atoms with E-state index in [1.165, 1.54) is 0 Å². The predicted octanol–water partition coefficient (Wildman–Crippen LogP) is 0.350. The van der Waals surface area contributed by atoms with E-state index in [1.54, 1.807) is 6.08 Å². The number of hydrogen-bond donors (Lipinski definition) is 0. The van der Waals surface area contributed by atoms with Crippen molar-refractivity contribution in [1.82, 2.24) is 0 Å². The van der Waals surface area contributed by atoms with Crippen LogP contribution in [0.25, 0.3) is 0 Å². The van der Waals surface area contributed by atoms with Crippen LogP contribution in [0.4, 0.5) is 0 Å². The molecule has 1 saturated carbocycles. The number of aliphatic carboxylic acids is 1. The van der Waals surface area contributed by atoms with Gasteiger partial charge in [-0.2, -0.15) is 0 Å². The quantitative estimate of drug-likeness (QED) is 0.534. The lowest BCUT2D eigenvalue weighted by atomic mass is 10.1. The molecule has 1 aliphatic carbocycles. The van der Waals surface area contributed by atoms with Gasteiger partial charge >= 0.3 is 0 Å². The Labute approximate surface area is 66.2 Å². The van der Waals surface area contributed by atoms with E-state index in [9.17, 15) is 9.90 Å². The number of carbonyl (C=O) groups excluding carboxylic acids is 1. The van der Waals surface area contributed by atoms with Crippen LogP contribution < -0.4 is 5.11 Å². The van der Waals surface area contributed by atoms with Crippen molar-refractivity contribution in [2.75, 3.05) is 0 Å². The van der Waals surface area contributed by atoms with E-state index >= 15 is 0 Å². The minimum Gasteiger partial charge on any atom is -0.550 e. The van der Waals surface area contributed by atoms with E-state index in [0.717, 1.165) is 0 Å². The highest BCUT2D eigenvalue weighted by atomic mass is 16.4. The van der Waals surface area contributed by atoms with Crippen LogP contribution in [-0.2, 0) is 4.79 Å². The van der Waals surface area contributed by atoms with Crippen LogP contribution in [0.15, 0.2) is 18.4 Å². The van der Waals surface area contributed by atoms with Crippen molar-refractivity contribution in [3.05, 3.63) is 18.4 Å². The molecule has 1 fully saturated rings. The molecule has 0 aliphatic heterocycles. The van der Waals surface area contributed by atoms with Crippen molar-refractivity contribution >= 4 is 5.97 Å². The summed E-state index contributed by atoms with van der Waals surface area (Å²) in [6.45, 7) is 7.22. The van der Waals surface area contributed by atoms with Gasteiger partial charge in [-0.25, -0.2) is 0 Å². The Kier molecular flexibility index (Phi) is 1.65. The summed E-state index contributed by atoms with van der Waals surface area (Å²) in [4.78, 5) is 10.5. The van der Waals surface area contributed by atoms with Gasteiger partial charge < -0.3 is 9.90 Å². The SMILES string of the molecule is C=C=CC1C(C(=O)[O-])C1(C)C. The summed E-state index contributed by atoms with van der Waals surface area (Å²) in [6, 6.07) is 0. The Hall–Kier alpha value is -1.01. The van der Waals surface area contributed by atoms with Gasteiger partial charge in [-0.3, -0.25) is 0 Å². The molecule has 2 heteroatoms. The lowest BCUT2D eigenvalue weighted by molar-refractivity contribution is -0.308. The van der Waals surface area contributed by atoms with Gasteiger partial charge in [0.25, 0.3) is 0 Å². The van der Waals surface area contributed by atoms with E-state index in [2.05, 4.69) is 12.3 Å². The molecule has 1 aliphatic rings. The van der Waals surface area contributed by atoms with Crippen LogP contribution in [0.1, 0.15) is 13.8 Å². The Bertz CT molecular complexity index is 224. The van der Waals surface area contributed by atoms with Crippen molar-refractivity contribution in [2.45, 2.75) is 13.8 Å². The number of hydrogen-bond acceptors (Lipinski definition) is 2. The predicted molar refractivity (Wildman–Crippen MR) is 39.5 cm³/mol. The van der Waals surface area contributed by atoms with Crippen molar-refractivity contribution in [3.63, 3.8) is 0 Å². The molecule has 0 spiro atoms. The fourth-order valence-corrected chi connectivity index (χ4v) is 1.57. The van der Waals surface area contributed by atoms with Crippen molar-refractivity contribution in [2.24, 2.45) is 17.3 Å². The van der Waals surface area contributed by atoms with Crippen LogP contribution in [0, 0.1) is 17.3 Å². The molecule has 2 atom stereocenters. The maximum Gasteiger partial charge on any atom is 0.0457 e. The number of carbonyl (C=O) groups is 1. The van der Waals surface area contributed by atoms with Gasteiger partial charge in [0.2, 0.25) is 0 Å². The Morgan fingerprint density at radius 1 is 1.73 bits per heavy atom. The third-order valence-electron chi connectivity index (χ3n) is 2.46. The summed E-state index contributed by atoms with van der Waals surface area (Å²) in [5.74, 6) is -1.26. The molecule has 0 heterocycles. The topological polar surface area (TPSA) is 40.1 Å². The summed E-state index contributed by atoms with van der Waals surface area (Å²) in [6.07, 6.45) is 1.71. The van der Waals surface area contributed by atoms with E-state index in [-0.39, 0.29) is 17.3 Å². The highest BCUT2D eigenvalue weighted by molar-refractivity contribution is 5.74. The Morgan fingerprint density at radius 3 is 2.55 bits per heavy atom. The molecule has 11 heavy (non-hydrogen) atoms. The van der Waals surface area contributed by atoms with Gasteiger partial charge in [0.05, 0.1) is 0 Å². The standard InChI is InChI=1S/C9H12O2/c1-4-5-6-7(8(10)11)9(6,2)3/h5-7H,1H2,2-3H3,(H,10,11)/p-1. The molecular weight excluding hydrogens is 140 g/mol. The molecule has 0 aromatic heterocycles. The smallest absolute Gasteiger partial charge is 0.0457 e. The average Bonchev–Trinajstić information content (AvgIpc) is 2.35. The van der Waals surface area contributed by atoms with Crippen LogP contribution in [-0.4, -0.2) is 5.97 Å². The number of rotatable bonds is 2. The first kappa shape index (κ1) is 8.09. The van der Waals surface area contributed by atoms with Gasteiger partial charge in [0.1, 0.15) is 0 Å². The van der Waals surface area contributed by atoms with Crippen LogP contribution in [0.5, 0.6) is 0 Å².